The number of benzene rings is 2. The van der Waals surface area contributed by atoms with E-state index in [4.69, 9.17) is 16.6 Å². The molecule has 5 rings (SSSR count). The third-order valence-electron chi connectivity index (χ3n) is 5.50. The summed E-state index contributed by atoms with van der Waals surface area (Å²) in [5.74, 6) is 0.134. The first-order valence-corrected chi connectivity index (χ1v) is 14.9. The molecule has 30 heavy (non-hydrogen) atoms. The van der Waals surface area contributed by atoms with Crippen LogP contribution in [-0.4, -0.2) is 58.8 Å². The van der Waals surface area contributed by atoms with Crippen molar-refractivity contribution in [1.29, 1.82) is 0 Å². The van der Waals surface area contributed by atoms with Crippen LogP contribution in [0.1, 0.15) is 6.23 Å². The van der Waals surface area contributed by atoms with Gasteiger partial charge < -0.3 is 0 Å². The summed E-state index contributed by atoms with van der Waals surface area (Å²) in [5, 5.41) is 9.94. The molecular weight excluding hydrogens is 493 g/mol. The van der Waals surface area contributed by atoms with Crippen LogP contribution in [0.5, 0.6) is 0 Å². The first-order chi connectivity index (χ1) is 14.6. The van der Waals surface area contributed by atoms with E-state index in [2.05, 4.69) is 4.98 Å². The molecule has 0 amide bonds. The van der Waals surface area contributed by atoms with Gasteiger partial charge in [0.15, 0.2) is 0 Å². The Morgan fingerprint density at radius 1 is 0.967 bits per heavy atom. The van der Waals surface area contributed by atoms with Crippen molar-refractivity contribution in [3.8, 4) is 0 Å². The standard InChI is InChI=1S/C9H11N3O5.2C6H5.Sn/c10-5-1-2-12(9(16)11-5)8-7(15)6(14)4(3-13)17-8;2*1-2-4-6-5-3-1;/h1-2,4,6-8,13H,3H2,(H2,10,11,16);2*1-5H;/q-2;;;+2/t4-,6+,7-,8-;;;/m1.../s1. The average molecular weight is 514 g/mol. The Balaban J connectivity index is 1.61. The van der Waals surface area contributed by atoms with Crippen LogP contribution >= 0.6 is 0 Å². The van der Waals surface area contributed by atoms with Gasteiger partial charge in [-0.05, 0) is 0 Å². The number of hydrogen-bond donors (Lipinski definition) is 2. The van der Waals surface area contributed by atoms with E-state index in [0.29, 0.717) is 0 Å². The van der Waals surface area contributed by atoms with E-state index in [1.54, 1.807) is 0 Å². The van der Waals surface area contributed by atoms with E-state index in [-0.39, 0.29) is 12.4 Å². The van der Waals surface area contributed by atoms with E-state index in [1.165, 1.54) is 16.8 Å². The number of aliphatic hydroxyl groups excluding tert-OH is 1. The zero-order valence-corrected chi connectivity index (χ0v) is 18.9. The summed E-state index contributed by atoms with van der Waals surface area (Å²) < 4.78 is 22.8. The SMILES string of the molecule is Nc1ccn([C@@H]2O[C@H](CO)[C@@H]3[O][Sn]([c]4ccccc4)([c]4ccccc4)[O][C@H]32)c(=O)n1. The fourth-order valence-electron chi connectivity index (χ4n) is 4.13. The Bertz CT molecular complexity index is 1060. The third kappa shape index (κ3) is 3.15. The summed E-state index contributed by atoms with van der Waals surface area (Å²) in [6, 6.07) is 21.4. The van der Waals surface area contributed by atoms with Crippen LogP contribution in [0.3, 0.4) is 0 Å². The van der Waals surface area contributed by atoms with Gasteiger partial charge in [0.1, 0.15) is 0 Å². The molecule has 3 aromatic rings. The van der Waals surface area contributed by atoms with Gasteiger partial charge in [-0.2, -0.15) is 0 Å². The monoisotopic (exact) mass is 515 g/mol. The van der Waals surface area contributed by atoms with Crippen LogP contribution in [-0.2, 0) is 10.9 Å². The maximum absolute atomic E-state index is 12.5. The Labute approximate surface area is 177 Å². The number of hydrogen-bond acceptors (Lipinski definition) is 7. The number of nitrogen functional groups attached to an aromatic ring is 1. The van der Waals surface area contributed by atoms with E-state index in [9.17, 15) is 9.90 Å². The number of aliphatic hydroxyl groups is 1. The zero-order valence-electron chi connectivity index (χ0n) is 16.0. The number of anilines is 1. The van der Waals surface area contributed by atoms with Crippen LogP contribution in [0.15, 0.2) is 77.7 Å². The van der Waals surface area contributed by atoms with Crippen molar-refractivity contribution in [2.24, 2.45) is 0 Å². The Morgan fingerprint density at radius 3 is 2.13 bits per heavy atom. The second-order valence-electron chi connectivity index (χ2n) is 7.30. The van der Waals surface area contributed by atoms with Crippen LogP contribution in [0, 0.1) is 0 Å². The minimum absolute atomic E-state index is 0.134. The summed E-state index contributed by atoms with van der Waals surface area (Å²) in [4.78, 5) is 16.3. The van der Waals surface area contributed by atoms with E-state index >= 15 is 0 Å². The number of aromatic nitrogens is 2. The van der Waals surface area contributed by atoms with Gasteiger partial charge in [0.05, 0.1) is 0 Å². The van der Waals surface area contributed by atoms with Crippen LogP contribution < -0.4 is 18.6 Å². The van der Waals surface area contributed by atoms with E-state index in [1.807, 2.05) is 60.7 Å². The molecule has 2 aromatic carbocycles. The summed E-state index contributed by atoms with van der Waals surface area (Å²) in [6.07, 6.45) is -0.896. The molecule has 154 valence electrons. The Morgan fingerprint density at radius 2 is 1.57 bits per heavy atom. The van der Waals surface area contributed by atoms with Crippen LogP contribution in [0.4, 0.5) is 5.82 Å². The molecule has 0 bridgehead atoms. The first kappa shape index (κ1) is 19.7. The van der Waals surface area contributed by atoms with Crippen molar-refractivity contribution in [2.75, 3.05) is 12.3 Å². The van der Waals surface area contributed by atoms with Crippen molar-refractivity contribution in [2.45, 2.75) is 24.5 Å². The normalized spacial score (nSPS) is 27.1. The molecule has 0 saturated carbocycles. The average Bonchev–Trinajstić information content (AvgIpc) is 3.32. The quantitative estimate of drug-likeness (QED) is 0.463. The summed E-state index contributed by atoms with van der Waals surface area (Å²) in [6.45, 7) is -0.246. The van der Waals surface area contributed by atoms with E-state index < -0.39 is 49.4 Å². The molecule has 2 aliphatic rings. The molecule has 1 aromatic heterocycles. The second kappa shape index (κ2) is 7.78. The Hall–Kier alpha value is -2.24. The van der Waals surface area contributed by atoms with Gasteiger partial charge in [-0.1, -0.05) is 0 Å². The van der Waals surface area contributed by atoms with Crippen molar-refractivity contribution >= 4 is 32.2 Å². The van der Waals surface area contributed by atoms with Crippen LogP contribution in [0.2, 0.25) is 0 Å². The maximum atomic E-state index is 12.5. The molecule has 3 heterocycles. The van der Waals surface area contributed by atoms with Crippen molar-refractivity contribution < 1.29 is 16.0 Å². The number of rotatable bonds is 4. The van der Waals surface area contributed by atoms with Gasteiger partial charge in [-0.3, -0.25) is 0 Å². The fraction of sp³-hybridized carbons (Fsp3) is 0.238. The molecule has 0 aliphatic carbocycles. The molecule has 3 N–H and O–H groups in total. The zero-order chi connectivity index (χ0) is 20.7. The van der Waals surface area contributed by atoms with Gasteiger partial charge in [0, 0.05) is 0 Å². The van der Waals surface area contributed by atoms with Gasteiger partial charge in [-0.15, -0.1) is 0 Å². The minimum atomic E-state index is -4.06. The molecule has 8 nitrogen and oxygen atoms in total. The topological polar surface area (TPSA) is 109 Å². The molecule has 2 fully saturated rings. The van der Waals surface area contributed by atoms with Crippen molar-refractivity contribution in [1.82, 2.24) is 9.55 Å². The first-order valence-electron chi connectivity index (χ1n) is 9.70. The summed E-state index contributed by atoms with van der Waals surface area (Å²) in [7, 11) is 0. The van der Waals surface area contributed by atoms with Crippen molar-refractivity contribution in [3.63, 3.8) is 0 Å². The van der Waals surface area contributed by atoms with E-state index in [0.717, 1.165) is 7.16 Å². The predicted octanol–water partition coefficient (Wildman–Crippen LogP) is -0.244. The predicted molar refractivity (Wildman–Crippen MR) is 112 cm³/mol. The number of nitrogens with two attached hydrogens (primary N) is 1. The Kier molecular flexibility index (Phi) is 5.11. The summed E-state index contributed by atoms with van der Waals surface area (Å²) >= 11 is -4.06. The van der Waals surface area contributed by atoms with Crippen molar-refractivity contribution in [3.05, 3.63) is 83.4 Å². The number of nitrogens with zero attached hydrogens (tertiary/aromatic N) is 2. The number of ether oxygens (including phenoxy) is 1. The molecule has 4 atom stereocenters. The van der Waals surface area contributed by atoms with Gasteiger partial charge >= 0.3 is 178 Å². The molecule has 2 saturated heterocycles. The molecular formula is C21H21N3O5Sn. The molecule has 0 unspecified atom stereocenters. The van der Waals surface area contributed by atoms with Gasteiger partial charge in [-0.25, -0.2) is 0 Å². The third-order valence-corrected chi connectivity index (χ3v) is 15.2. The second-order valence-corrected chi connectivity index (χ2v) is 15.5. The van der Waals surface area contributed by atoms with Gasteiger partial charge in [0.2, 0.25) is 0 Å². The van der Waals surface area contributed by atoms with Gasteiger partial charge in [0.25, 0.3) is 0 Å². The summed E-state index contributed by atoms with van der Waals surface area (Å²) in [5.41, 5.74) is 5.10. The number of fused-ring (bicyclic) bond motifs is 1. The molecule has 9 heteroatoms. The molecule has 0 spiro atoms. The molecule has 2 aliphatic heterocycles. The fourth-order valence-corrected chi connectivity index (χ4v) is 14.1. The van der Waals surface area contributed by atoms with Crippen LogP contribution in [0.25, 0.3) is 0 Å². The molecule has 0 radical (unpaired) electrons.